The van der Waals surface area contributed by atoms with Gasteiger partial charge in [0.1, 0.15) is 4.21 Å². The summed E-state index contributed by atoms with van der Waals surface area (Å²) in [5, 5.41) is 5.16. The Morgan fingerprint density at radius 2 is 1.75 bits per heavy atom. The van der Waals surface area contributed by atoms with Crippen LogP contribution in [0, 0.1) is 0 Å². The van der Waals surface area contributed by atoms with Gasteiger partial charge in [-0.1, -0.05) is 42.5 Å². The molecule has 0 radical (unpaired) electrons. The van der Waals surface area contributed by atoms with Crippen LogP contribution in [0.5, 0.6) is 0 Å². The van der Waals surface area contributed by atoms with Crippen LogP contribution in [-0.2, 0) is 27.8 Å². The molecule has 2 aromatic carbocycles. The fourth-order valence-corrected chi connectivity index (χ4v) is 6.40. The van der Waals surface area contributed by atoms with Gasteiger partial charge in [0.05, 0.1) is 13.0 Å². The first-order chi connectivity index (χ1) is 13.5. The Hall–Kier alpha value is -2.22. The standard InChI is InChI=1S/C21H22N2O3S2/c24-20(14-16-7-8-17-5-1-2-6-18(17)13-16)22-15-19-9-10-21(27-19)28(25,26)23-11-3-4-12-23/h1-2,5-10,13H,3-4,11-12,14-15H2,(H,22,24). The highest BCUT2D eigenvalue weighted by atomic mass is 32.2. The molecule has 3 aromatic rings. The summed E-state index contributed by atoms with van der Waals surface area (Å²) in [7, 11) is -3.39. The van der Waals surface area contributed by atoms with Crippen LogP contribution < -0.4 is 5.32 Å². The first-order valence-electron chi connectivity index (χ1n) is 9.36. The zero-order chi connectivity index (χ0) is 19.6. The van der Waals surface area contributed by atoms with Crippen molar-refractivity contribution in [3.8, 4) is 0 Å². The van der Waals surface area contributed by atoms with E-state index in [2.05, 4.69) is 5.32 Å². The molecular formula is C21H22N2O3S2. The second-order valence-electron chi connectivity index (χ2n) is 6.97. The molecule has 146 valence electrons. The monoisotopic (exact) mass is 414 g/mol. The Labute approximate surface area is 169 Å². The van der Waals surface area contributed by atoms with E-state index in [0.717, 1.165) is 34.1 Å². The molecule has 7 heteroatoms. The van der Waals surface area contributed by atoms with E-state index in [1.165, 1.54) is 11.3 Å². The quantitative estimate of drug-likeness (QED) is 0.671. The lowest BCUT2D eigenvalue weighted by Gasteiger charge is -2.13. The molecule has 0 unspecified atom stereocenters. The van der Waals surface area contributed by atoms with Crippen LogP contribution in [0.4, 0.5) is 0 Å². The fourth-order valence-electron chi connectivity index (χ4n) is 3.43. The van der Waals surface area contributed by atoms with Gasteiger partial charge in [0.15, 0.2) is 0 Å². The van der Waals surface area contributed by atoms with Crippen molar-refractivity contribution in [3.05, 3.63) is 65.0 Å². The average Bonchev–Trinajstić information content (AvgIpc) is 3.39. The summed E-state index contributed by atoms with van der Waals surface area (Å²) < 4.78 is 27.1. The van der Waals surface area contributed by atoms with Gasteiger partial charge in [0.25, 0.3) is 10.0 Å². The minimum absolute atomic E-state index is 0.0763. The van der Waals surface area contributed by atoms with E-state index >= 15 is 0 Å². The summed E-state index contributed by atoms with van der Waals surface area (Å²) in [6.45, 7) is 1.53. The lowest BCUT2D eigenvalue weighted by molar-refractivity contribution is -0.120. The molecule has 2 heterocycles. The van der Waals surface area contributed by atoms with Crippen LogP contribution in [0.3, 0.4) is 0 Å². The summed E-state index contributed by atoms with van der Waals surface area (Å²) in [4.78, 5) is 13.1. The van der Waals surface area contributed by atoms with Crippen LogP contribution >= 0.6 is 11.3 Å². The van der Waals surface area contributed by atoms with Crippen LogP contribution in [0.25, 0.3) is 10.8 Å². The summed E-state index contributed by atoms with van der Waals surface area (Å²) >= 11 is 1.23. The Morgan fingerprint density at radius 3 is 2.54 bits per heavy atom. The number of thiophene rings is 1. The molecule has 0 spiro atoms. The Morgan fingerprint density at radius 1 is 1.00 bits per heavy atom. The number of benzene rings is 2. The molecule has 1 fully saturated rings. The molecule has 1 aliphatic rings. The van der Waals surface area contributed by atoms with Gasteiger partial charge in [0, 0.05) is 18.0 Å². The number of rotatable bonds is 6. The van der Waals surface area contributed by atoms with E-state index in [4.69, 9.17) is 0 Å². The van der Waals surface area contributed by atoms with Crippen molar-refractivity contribution in [2.75, 3.05) is 13.1 Å². The van der Waals surface area contributed by atoms with Gasteiger partial charge < -0.3 is 5.32 Å². The number of hydrogen-bond donors (Lipinski definition) is 1. The highest BCUT2D eigenvalue weighted by Crippen LogP contribution is 2.27. The third-order valence-electron chi connectivity index (χ3n) is 4.93. The fraction of sp³-hybridized carbons (Fsp3) is 0.286. The van der Waals surface area contributed by atoms with E-state index in [1.807, 2.05) is 42.5 Å². The maximum Gasteiger partial charge on any atom is 0.252 e. The normalized spacial score (nSPS) is 15.1. The van der Waals surface area contributed by atoms with Crippen molar-refractivity contribution in [3.63, 3.8) is 0 Å². The highest BCUT2D eigenvalue weighted by Gasteiger charge is 2.28. The van der Waals surface area contributed by atoms with Crippen LogP contribution in [-0.4, -0.2) is 31.7 Å². The van der Waals surface area contributed by atoms with E-state index < -0.39 is 10.0 Å². The third kappa shape index (κ3) is 4.11. The van der Waals surface area contributed by atoms with Crippen molar-refractivity contribution in [2.45, 2.75) is 30.0 Å². The third-order valence-corrected chi connectivity index (χ3v) is 8.39. The predicted octanol–water partition coefficient (Wildman–Crippen LogP) is 3.54. The number of carbonyl (C=O) groups is 1. The number of amides is 1. The van der Waals surface area contributed by atoms with Crippen LogP contribution in [0.15, 0.2) is 58.8 Å². The van der Waals surface area contributed by atoms with Gasteiger partial charge in [-0.15, -0.1) is 11.3 Å². The molecule has 0 saturated carbocycles. The topological polar surface area (TPSA) is 66.5 Å². The Balaban J connectivity index is 1.36. The largest absolute Gasteiger partial charge is 0.351 e. The van der Waals surface area contributed by atoms with E-state index in [1.54, 1.807) is 16.4 Å². The number of sulfonamides is 1. The van der Waals surface area contributed by atoms with Crippen LogP contribution in [0.2, 0.25) is 0 Å². The second kappa shape index (κ2) is 8.03. The van der Waals surface area contributed by atoms with Gasteiger partial charge >= 0.3 is 0 Å². The molecule has 0 aliphatic carbocycles. The first-order valence-corrected chi connectivity index (χ1v) is 11.6. The van der Waals surface area contributed by atoms with Gasteiger partial charge in [0.2, 0.25) is 5.91 Å². The van der Waals surface area contributed by atoms with Crippen molar-refractivity contribution >= 4 is 38.0 Å². The molecule has 1 saturated heterocycles. The van der Waals surface area contributed by atoms with Crippen molar-refractivity contribution < 1.29 is 13.2 Å². The van der Waals surface area contributed by atoms with Crippen LogP contribution in [0.1, 0.15) is 23.3 Å². The molecule has 5 nitrogen and oxygen atoms in total. The maximum atomic E-state index is 12.6. The van der Waals surface area contributed by atoms with Gasteiger partial charge in [-0.2, -0.15) is 4.31 Å². The first kappa shape index (κ1) is 19.1. The van der Waals surface area contributed by atoms with E-state index in [9.17, 15) is 13.2 Å². The van der Waals surface area contributed by atoms with Crippen molar-refractivity contribution in [2.24, 2.45) is 0 Å². The summed E-state index contributed by atoms with van der Waals surface area (Å²) in [6.07, 6.45) is 2.14. The minimum atomic E-state index is -3.39. The number of fused-ring (bicyclic) bond motifs is 1. The molecule has 4 rings (SSSR count). The molecule has 1 aliphatic heterocycles. The second-order valence-corrected chi connectivity index (χ2v) is 10.3. The highest BCUT2D eigenvalue weighted by molar-refractivity contribution is 7.91. The molecule has 1 aromatic heterocycles. The molecule has 0 bridgehead atoms. The molecule has 0 atom stereocenters. The summed E-state index contributed by atoms with van der Waals surface area (Å²) in [5.74, 6) is -0.0763. The smallest absolute Gasteiger partial charge is 0.252 e. The zero-order valence-electron chi connectivity index (χ0n) is 15.4. The average molecular weight is 415 g/mol. The SMILES string of the molecule is O=C(Cc1ccc2ccccc2c1)NCc1ccc(S(=O)(=O)N2CCCC2)s1. The Bertz CT molecular complexity index is 1100. The molecule has 1 amide bonds. The maximum absolute atomic E-state index is 12.6. The van der Waals surface area contributed by atoms with Crippen molar-refractivity contribution in [1.82, 2.24) is 9.62 Å². The lowest BCUT2D eigenvalue weighted by atomic mass is 10.0. The Kier molecular flexibility index (Phi) is 5.48. The van der Waals surface area contributed by atoms with E-state index in [-0.39, 0.29) is 5.91 Å². The number of carbonyl (C=O) groups excluding carboxylic acids is 1. The zero-order valence-corrected chi connectivity index (χ0v) is 17.1. The lowest BCUT2D eigenvalue weighted by Crippen LogP contribution is -2.27. The van der Waals surface area contributed by atoms with Gasteiger partial charge in [-0.25, -0.2) is 8.42 Å². The molecule has 1 N–H and O–H groups in total. The van der Waals surface area contributed by atoms with Gasteiger partial charge in [-0.05, 0) is 41.3 Å². The van der Waals surface area contributed by atoms with Gasteiger partial charge in [-0.3, -0.25) is 4.79 Å². The number of nitrogens with zero attached hydrogens (tertiary/aromatic N) is 1. The summed E-state index contributed by atoms with van der Waals surface area (Å²) in [6, 6.07) is 17.5. The number of nitrogens with one attached hydrogen (secondary N) is 1. The molecule has 28 heavy (non-hydrogen) atoms. The minimum Gasteiger partial charge on any atom is -0.351 e. The predicted molar refractivity (Wildman–Crippen MR) is 112 cm³/mol. The van der Waals surface area contributed by atoms with Crippen molar-refractivity contribution in [1.29, 1.82) is 0 Å². The number of hydrogen-bond acceptors (Lipinski definition) is 4. The summed E-state index contributed by atoms with van der Waals surface area (Å²) in [5.41, 5.74) is 0.958. The molecular weight excluding hydrogens is 392 g/mol. The van der Waals surface area contributed by atoms with E-state index in [0.29, 0.717) is 30.3 Å².